The smallest absolute Gasteiger partial charge is 0.163 e. The van der Waals surface area contributed by atoms with Crippen molar-refractivity contribution >= 4 is 11.4 Å². The Morgan fingerprint density at radius 3 is 2.50 bits per heavy atom. The van der Waals surface area contributed by atoms with Crippen molar-refractivity contribution in [2.45, 2.75) is 86.0 Å². The lowest BCUT2D eigenvalue weighted by molar-refractivity contribution is 0.0994. The first-order chi connectivity index (χ1) is 15.4. The average molecular weight is 429 g/mol. The molecule has 3 rings (SSSR count). The van der Waals surface area contributed by atoms with Gasteiger partial charge in [0.25, 0.3) is 0 Å². The molecule has 1 aliphatic rings. The molecule has 2 aromatic rings. The molecule has 0 heterocycles. The molecule has 0 saturated heterocycles. The predicted octanol–water partition coefficient (Wildman–Crippen LogP) is 8.92. The molecule has 0 spiro atoms. The highest BCUT2D eigenvalue weighted by Crippen LogP contribution is 2.39. The van der Waals surface area contributed by atoms with Crippen LogP contribution in [0, 0.1) is 12.8 Å². The van der Waals surface area contributed by atoms with Crippen molar-refractivity contribution in [3.05, 3.63) is 76.4 Å². The van der Waals surface area contributed by atoms with Gasteiger partial charge in [-0.25, -0.2) is 0 Å². The number of ketones is 1. The summed E-state index contributed by atoms with van der Waals surface area (Å²) in [6.07, 6.45) is 10.7. The van der Waals surface area contributed by atoms with E-state index in [1.165, 1.54) is 70.2 Å². The largest absolute Gasteiger partial charge is 0.294 e. The molecule has 170 valence electrons. The first kappa shape index (κ1) is 24.2. The summed E-state index contributed by atoms with van der Waals surface area (Å²) in [6.45, 7) is 15.1. The minimum atomic E-state index is 0.301. The van der Waals surface area contributed by atoms with Crippen LogP contribution in [0.4, 0.5) is 0 Å². The van der Waals surface area contributed by atoms with Crippen molar-refractivity contribution < 1.29 is 4.79 Å². The van der Waals surface area contributed by atoms with Crippen LogP contribution < -0.4 is 0 Å². The highest BCUT2D eigenvalue weighted by atomic mass is 16.1. The van der Waals surface area contributed by atoms with Gasteiger partial charge in [0.15, 0.2) is 5.78 Å². The van der Waals surface area contributed by atoms with E-state index in [0.29, 0.717) is 12.2 Å². The van der Waals surface area contributed by atoms with Gasteiger partial charge in [-0.15, -0.1) is 0 Å². The van der Waals surface area contributed by atoms with E-state index in [-0.39, 0.29) is 0 Å². The predicted molar refractivity (Wildman–Crippen MR) is 139 cm³/mol. The lowest BCUT2D eigenvalue weighted by Gasteiger charge is -2.19. The number of rotatable bonds is 10. The Hall–Kier alpha value is -2.41. The van der Waals surface area contributed by atoms with Crippen molar-refractivity contribution in [2.75, 3.05) is 0 Å². The molecule has 0 aliphatic heterocycles. The summed E-state index contributed by atoms with van der Waals surface area (Å²) in [5.74, 6) is 1.12. The van der Waals surface area contributed by atoms with Gasteiger partial charge in [0.05, 0.1) is 0 Å². The molecule has 1 heteroatoms. The zero-order valence-corrected chi connectivity index (χ0v) is 20.8. The van der Waals surface area contributed by atoms with Gasteiger partial charge in [0, 0.05) is 12.0 Å². The number of Topliss-reactive ketones (excluding diaryl/α,β-unsaturated/α-hetero) is 1. The Bertz CT molecular complexity index is 1020. The van der Waals surface area contributed by atoms with E-state index in [2.05, 4.69) is 77.6 Å². The molecule has 0 saturated carbocycles. The van der Waals surface area contributed by atoms with Crippen LogP contribution >= 0.6 is 0 Å². The normalized spacial score (nSPS) is 13.7. The molecule has 0 fully saturated rings. The van der Waals surface area contributed by atoms with Crippen molar-refractivity contribution in [3.63, 3.8) is 0 Å². The lowest BCUT2D eigenvalue weighted by atomic mass is 9.85. The number of aryl methyl sites for hydroxylation is 2. The van der Waals surface area contributed by atoms with Crippen molar-refractivity contribution in [3.8, 4) is 11.1 Å². The van der Waals surface area contributed by atoms with Crippen LogP contribution in [0.25, 0.3) is 16.7 Å². The molecule has 0 atom stereocenters. The van der Waals surface area contributed by atoms with E-state index < -0.39 is 0 Å². The van der Waals surface area contributed by atoms with E-state index in [0.717, 1.165) is 30.7 Å². The monoisotopic (exact) mass is 428 g/mol. The molecule has 0 aromatic heterocycles. The fourth-order valence-corrected chi connectivity index (χ4v) is 5.20. The van der Waals surface area contributed by atoms with Crippen molar-refractivity contribution in [2.24, 2.45) is 5.92 Å². The van der Waals surface area contributed by atoms with Crippen molar-refractivity contribution in [1.29, 1.82) is 0 Å². The van der Waals surface area contributed by atoms with Gasteiger partial charge in [-0.2, -0.15) is 0 Å². The number of carbonyl (C=O) groups excluding carboxylic acids is 1. The van der Waals surface area contributed by atoms with E-state index in [4.69, 9.17) is 0 Å². The van der Waals surface area contributed by atoms with Gasteiger partial charge in [-0.1, -0.05) is 75.6 Å². The molecule has 1 aliphatic carbocycles. The molecular weight excluding hydrogens is 388 g/mol. The van der Waals surface area contributed by atoms with E-state index >= 15 is 0 Å². The standard InChI is InChI=1S/C31H40O/c1-7-23(8-2)11-10-12-25-15-16-27-28(17-18-30(27)32)31(25)29-20-26(14-13-22(29)6)24(9-3)19-21(4)5/h9,13-16,20,23H,4,7-8,10-12,17-19H2,1-3,5-6H3/b24-9+. The minimum Gasteiger partial charge on any atom is -0.294 e. The molecule has 0 radical (unpaired) electrons. The van der Waals surface area contributed by atoms with E-state index in [1.807, 2.05) is 0 Å². The third kappa shape index (κ3) is 5.31. The highest BCUT2D eigenvalue weighted by Gasteiger charge is 2.25. The fraction of sp³-hybridized carbons (Fsp3) is 0.452. The second-order valence-corrected chi connectivity index (χ2v) is 9.60. The second kappa shape index (κ2) is 10.9. The third-order valence-corrected chi connectivity index (χ3v) is 7.23. The van der Waals surface area contributed by atoms with Crippen LogP contribution in [-0.2, 0) is 12.8 Å². The number of allylic oxidation sites excluding steroid dienone is 3. The Balaban J connectivity index is 2.06. The van der Waals surface area contributed by atoms with Crippen LogP contribution in [0.5, 0.6) is 0 Å². The summed E-state index contributed by atoms with van der Waals surface area (Å²) in [5, 5.41) is 0. The SMILES string of the molecule is C=C(C)C/C(=C\C)c1ccc(C)c(-c2c(CCCC(CC)CC)ccc3c2CCC3=O)c1. The Morgan fingerprint density at radius 1 is 1.09 bits per heavy atom. The second-order valence-electron chi connectivity index (χ2n) is 9.60. The molecule has 0 amide bonds. The quantitative estimate of drug-likeness (QED) is 0.345. The molecular formula is C31H40O. The lowest BCUT2D eigenvalue weighted by Crippen LogP contribution is -2.02. The van der Waals surface area contributed by atoms with Crippen LogP contribution in [-0.4, -0.2) is 5.78 Å². The first-order valence-electron chi connectivity index (χ1n) is 12.5. The van der Waals surface area contributed by atoms with E-state index in [1.54, 1.807) is 0 Å². The summed E-state index contributed by atoms with van der Waals surface area (Å²) >= 11 is 0. The zero-order chi connectivity index (χ0) is 23.3. The Labute approximate surface area is 195 Å². The van der Waals surface area contributed by atoms with Crippen LogP contribution in [0.2, 0.25) is 0 Å². The third-order valence-electron chi connectivity index (χ3n) is 7.23. The maximum Gasteiger partial charge on any atom is 0.163 e. The van der Waals surface area contributed by atoms with Crippen LogP contribution in [0.3, 0.4) is 0 Å². The van der Waals surface area contributed by atoms with Crippen LogP contribution in [0.1, 0.15) is 98.8 Å². The molecule has 32 heavy (non-hydrogen) atoms. The highest BCUT2D eigenvalue weighted by molar-refractivity contribution is 6.03. The van der Waals surface area contributed by atoms with Gasteiger partial charge in [0.1, 0.15) is 0 Å². The molecule has 0 N–H and O–H groups in total. The Morgan fingerprint density at radius 2 is 1.84 bits per heavy atom. The maximum absolute atomic E-state index is 12.6. The number of benzene rings is 2. The molecule has 2 aromatic carbocycles. The zero-order valence-electron chi connectivity index (χ0n) is 20.8. The summed E-state index contributed by atoms with van der Waals surface area (Å²) in [7, 11) is 0. The summed E-state index contributed by atoms with van der Waals surface area (Å²) in [4.78, 5) is 12.6. The first-order valence-corrected chi connectivity index (χ1v) is 12.5. The van der Waals surface area contributed by atoms with Gasteiger partial charge in [-0.05, 0) is 97.4 Å². The van der Waals surface area contributed by atoms with Gasteiger partial charge >= 0.3 is 0 Å². The molecule has 0 bridgehead atoms. The van der Waals surface area contributed by atoms with Gasteiger partial charge < -0.3 is 0 Å². The van der Waals surface area contributed by atoms with Gasteiger partial charge in [-0.3, -0.25) is 4.79 Å². The summed E-state index contributed by atoms with van der Waals surface area (Å²) < 4.78 is 0. The summed E-state index contributed by atoms with van der Waals surface area (Å²) in [6, 6.07) is 11.2. The number of fused-ring (bicyclic) bond motifs is 1. The topological polar surface area (TPSA) is 17.1 Å². The van der Waals surface area contributed by atoms with Crippen molar-refractivity contribution in [1.82, 2.24) is 0 Å². The minimum absolute atomic E-state index is 0.301. The average Bonchev–Trinajstić information content (AvgIpc) is 3.16. The van der Waals surface area contributed by atoms with E-state index in [9.17, 15) is 4.79 Å². The molecule has 0 unspecified atom stereocenters. The Kier molecular flexibility index (Phi) is 8.29. The fourth-order valence-electron chi connectivity index (χ4n) is 5.20. The summed E-state index contributed by atoms with van der Waals surface area (Å²) in [5.41, 5.74) is 11.3. The number of hydrogen-bond acceptors (Lipinski definition) is 1. The molecule has 1 nitrogen and oxygen atoms in total. The number of carbonyl (C=O) groups is 1. The van der Waals surface area contributed by atoms with Gasteiger partial charge in [0.2, 0.25) is 0 Å². The van der Waals surface area contributed by atoms with Crippen LogP contribution in [0.15, 0.2) is 48.6 Å². The maximum atomic E-state index is 12.6. The number of hydrogen-bond donors (Lipinski definition) is 0.